The highest BCUT2D eigenvalue weighted by atomic mass is 16.5. The van der Waals surface area contributed by atoms with E-state index in [1.807, 2.05) is 19.0 Å². The number of hydrogen-bond acceptors (Lipinski definition) is 4. The monoisotopic (exact) mass is 201 g/mol. The quantitative estimate of drug-likeness (QED) is 0.472. The SMILES string of the molecule is CCOC(=N)CC(=O)NCCN(C)C. The van der Waals surface area contributed by atoms with Crippen LogP contribution in [0.1, 0.15) is 13.3 Å². The molecule has 5 nitrogen and oxygen atoms in total. The molecule has 0 aromatic carbocycles. The molecule has 2 N–H and O–H groups in total. The van der Waals surface area contributed by atoms with E-state index in [9.17, 15) is 4.79 Å². The predicted molar refractivity (Wildman–Crippen MR) is 55.5 cm³/mol. The van der Waals surface area contributed by atoms with Crippen LogP contribution < -0.4 is 5.32 Å². The number of nitrogens with one attached hydrogen (secondary N) is 2. The first-order valence-electron chi connectivity index (χ1n) is 4.68. The highest BCUT2D eigenvalue weighted by molar-refractivity contribution is 5.95. The summed E-state index contributed by atoms with van der Waals surface area (Å²) in [7, 11) is 3.88. The molecule has 0 aliphatic carbocycles. The second kappa shape index (κ2) is 7.32. The molecule has 5 heteroatoms. The summed E-state index contributed by atoms with van der Waals surface area (Å²) in [5, 5.41) is 9.95. The van der Waals surface area contributed by atoms with Crippen molar-refractivity contribution in [1.82, 2.24) is 10.2 Å². The van der Waals surface area contributed by atoms with Crippen molar-refractivity contribution in [2.45, 2.75) is 13.3 Å². The van der Waals surface area contributed by atoms with Crippen LogP contribution in [-0.4, -0.2) is 50.5 Å². The number of hydrogen-bond donors (Lipinski definition) is 2. The Kier molecular flexibility index (Phi) is 6.74. The Morgan fingerprint density at radius 1 is 1.50 bits per heavy atom. The van der Waals surface area contributed by atoms with E-state index in [2.05, 4.69) is 5.32 Å². The molecule has 1 amide bonds. The van der Waals surface area contributed by atoms with Crippen LogP contribution in [0.2, 0.25) is 0 Å². The standard InChI is InChI=1S/C9H19N3O2/c1-4-14-8(10)7-9(13)11-5-6-12(2)3/h10H,4-7H2,1-3H3,(H,11,13). The molecule has 0 rings (SSSR count). The minimum atomic E-state index is -0.162. The maximum atomic E-state index is 11.2. The van der Waals surface area contributed by atoms with Gasteiger partial charge in [0.1, 0.15) is 6.42 Å². The highest BCUT2D eigenvalue weighted by Gasteiger charge is 2.05. The third kappa shape index (κ3) is 7.54. The van der Waals surface area contributed by atoms with Gasteiger partial charge in [-0.1, -0.05) is 0 Å². The minimum Gasteiger partial charge on any atom is -0.481 e. The first-order valence-corrected chi connectivity index (χ1v) is 4.68. The molecule has 0 aliphatic rings. The molecule has 0 atom stereocenters. The number of ether oxygens (including phenoxy) is 1. The molecular formula is C9H19N3O2. The van der Waals surface area contributed by atoms with Crippen LogP contribution in [0.25, 0.3) is 0 Å². The normalized spacial score (nSPS) is 10.0. The van der Waals surface area contributed by atoms with Crippen molar-refractivity contribution in [1.29, 1.82) is 5.41 Å². The van der Waals surface area contributed by atoms with Crippen molar-refractivity contribution in [3.8, 4) is 0 Å². The van der Waals surface area contributed by atoms with Crippen molar-refractivity contribution in [3.63, 3.8) is 0 Å². The number of carbonyl (C=O) groups excluding carboxylic acids is 1. The lowest BCUT2D eigenvalue weighted by Crippen LogP contribution is -2.32. The molecule has 0 unspecified atom stereocenters. The summed E-state index contributed by atoms with van der Waals surface area (Å²) in [5.74, 6) is -0.139. The van der Waals surface area contributed by atoms with Crippen LogP contribution in [-0.2, 0) is 9.53 Å². The minimum absolute atomic E-state index is 0.0230. The maximum absolute atomic E-state index is 11.2. The molecule has 0 heterocycles. The predicted octanol–water partition coefficient (Wildman–Crippen LogP) is 0.0681. The molecule has 0 saturated carbocycles. The van der Waals surface area contributed by atoms with E-state index < -0.39 is 0 Å². The average Bonchev–Trinajstić information content (AvgIpc) is 2.03. The van der Waals surface area contributed by atoms with Crippen molar-refractivity contribution in [2.75, 3.05) is 33.8 Å². The van der Waals surface area contributed by atoms with E-state index in [4.69, 9.17) is 10.1 Å². The molecule has 82 valence electrons. The molecular weight excluding hydrogens is 182 g/mol. The molecule has 0 fully saturated rings. The van der Waals surface area contributed by atoms with Crippen molar-refractivity contribution >= 4 is 11.8 Å². The van der Waals surface area contributed by atoms with Crippen LogP contribution in [0.15, 0.2) is 0 Å². The first-order chi connectivity index (χ1) is 6.56. The summed E-state index contributed by atoms with van der Waals surface area (Å²) in [4.78, 5) is 13.1. The first kappa shape index (κ1) is 12.9. The molecule has 0 radical (unpaired) electrons. The smallest absolute Gasteiger partial charge is 0.229 e. The average molecular weight is 201 g/mol. The maximum Gasteiger partial charge on any atom is 0.229 e. The number of likely N-dealkylation sites (N-methyl/N-ethyl adjacent to an activating group) is 1. The zero-order valence-electron chi connectivity index (χ0n) is 9.09. The Balaban J connectivity index is 3.50. The Morgan fingerprint density at radius 2 is 2.14 bits per heavy atom. The second-order valence-electron chi connectivity index (χ2n) is 3.19. The molecule has 0 aromatic rings. The topological polar surface area (TPSA) is 65.4 Å². The van der Waals surface area contributed by atoms with E-state index >= 15 is 0 Å². The fraction of sp³-hybridized carbons (Fsp3) is 0.778. The Hall–Kier alpha value is -1.10. The van der Waals surface area contributed by atoms with Crippen LogP contribution in [0.3, 0.4) is 0 Å². The summed E-state index contributed by atoms with van der Waals surface area (Å²) in [6.45, 7) is 3.63. The highest BCUT2D eigenvalue weighted by Crippen LogP contribution is 1.86. The van der Waals surface area contributed by atoms with Gasteiger partial charge in [-0.2, -0.15) is 0 Å². The van der Waals surface area contributed by atoms with Gasteiger partial charge in [-0.15, -0.1) is 0 Å². The van der Waals surface area contributed by atoms with Crippen LogP contribution >= 0.6 is 0 Å². The number of carbonyl (C=O) groups is 1. The van der Waals surface area contributed by atoms with Gasteiger partial charge in [-0.25, -0.2) is 0 Å². The number of rotatable bonds is 6. The van der Waals surface area contributed by atoms with E-state index in [1.54, 1.807) is 6.92 Å². The van der Waals surface area contributed by atoms with E-state index in [-0.39, 0.29) is 18.2 Å². The Bertz CT molecular complexity index is 192. The van der Waals surface area contributed by atoms with Gasteiger partial charge in [0, 0.05) is 13.1 Å². The van der Waals surface area contributed by atoms with Crippen molar-refractivity contribution in [3.05, 3.63) is 0 Å². The fourth-order valence-electron chi connectivity index (χ4n) is 0.853. The molecule has 14 heavy (non-hydrogen) atoms. The summed E-state index contributed by atoms with van der Waals surface area (Å²) in [6, 6.07) is 0. The van der Waals surface area contributed by atoms with Crippen molar-refractivity contribution < 1.29 is 9.53 Å². The van der Waals surface area contributed by atoms with Gasteiger partial charge in [-0.05, 0) is 21.0 Å². The third-order valence-electron chi connectivity index (χ3n) is 1.52. The third-order valence-corrected chi connectivity index (χ3v) is 1.52. The van der Waals surface area contributed by atoms with Crippen LogP contribution in [0.5, 0.6) is 0 Å². The fourth-order valence-corrected chi connectivity index (χ4v) is 0.853. The van der Waals surface area contributed by atoms with Gasteiger partial charge in [-0.3, -0.25) is 10.2 Å². The second-order valence-corrected chi connectivity index (χ2v) is 3.19. The molecule has 0 aliphatic heterocycles. The molecule has 0 bridgehead atoms. The summed E-state index contributed by atoms with van der Waals surface area (Å²) in [6.07, 6.45) is 0.0290. The zero-order valence-corrected chi connectivity index (χ0v) is 9.09. The number of nitrogens with zero attached hydrogens (tertiary/aromatic N) is 1. The molecule has 0 saturated heterocycles. The summed E-state index contributed by atoms with van der Waals surface area (Å²) < 4.78 is 4.85. The van der Waals surface area contributed by atoms with Crippen molar-refractivity contribution in [2.24, 2.45) is 0 Å². The van der Waals surface area contributed by atoms with Gasteiger partial charge in [0.05, 0.1) is 6.61 Å². The van der Waals surface area contributed by atoms with Gasteiger partial charge in [0.2, 0.25) is 5.91 Å². The molecule has 0 aromatic heterocycles. The van der Waals surface area contributed by atoms with E-state index in [0.29, 0.717) is 13.2 Å². The summed E-state index contributed by atoms with van der Waals surface area (Å²) in [5.41, 5.74) is 0. The van der Waals surface area contributed by atoms with Gasteiger partial charge in [0.25, 0.3) is 0 Å². The zero-order chi connectivity index (χ0) is 11.0. The van der Waals surface area contributed by atoms with Gasteiger partial charge >= 0.3 is 0 Å². The number of amides is 1. The van der Waals surface area contributed by atoms with E-state index in [0.717, 1.165) is 6.54 Å². The van der Waals surface area contributed by atoms with Crippen LogP contribution in [0.4, 0.5) is 0 Å². The van der Waals surface area contributed by atoms with Gasteiger partial charge < -0.3 is 15.0 Å². The Labute approximate surface area is 84.9 Å². The van der Waals surface area contributed by atoms with Crippen LogP contribution in [0, 0.1) is 5.41 Å². The Morgan fingerprint density at radius 3 is 2.64 bits per heavy atom. The van der Waals surface area contributed by atoms with Gasteiger partial charge in [0.15, 0.2) is 5.90 Å². The lowest BCUT2D eigenvalue weighted by atomic mass is 10.4. The molecule has 0 spiro atoms. The summed E-state index contributed by atoms with van der Waals surface area (Å²) >= 11 is 0. The lowest BCUT2D eigenvalue weighted by molar-refractivity contribution is -0.120. The largest absolute Gasteiger partial charge is 0.481 e. The van der Waals surface area contributed by atoms with E-state index in [1.165, 1.54) is 0 Å². The lowest BCUT2D eigenvalue weighted by Gasteiger charge is -2.10.